The molecule has 0 aliphatic rings. The molecule has 2 rings (SSSR count). The fourth-order valence-electron chi connectivity index (χ4n) is 2.29. The molecule has 0 heterocycles. The van der Waals surface area contributed by atoms with Gasteiger partial charge in [0.1, 0.15) is 6.61 Å². The van der Waals surface area contributed by atoms with Crippen LogP contribution in [0.25, 0.3) is 0 Å². The van der Waals surface area contributed by atoms with Gasteiger partial charge in [-0.25, -0.2) is 4.79 Å². The molecule has 2 amide bonds. The number of rotatable bonds is 7. The lowest BCUT2D eigenvalue weighted by molar-refractivity contribution is -0.137. The van der Waals surface area contributed by atoms with E-state index in [2.05, 4.69) is 10.6 Å². The van der Waals surface area contributed by atoms with E-state index in [1.807, 2.05) is 30.3 Å². The number of carbonyl (C=O) groups excluding carboxylic acids is 2. The molecule has 0 bridgehead atoms. The molecular formula is C19H19ClN2O5. The Hall–Kier alpha value is -3.06. The van der Waals surface area contributed by atoms with E-state index in [-0.39, 0.29) is 29.3 Å². The van der Waals surface area contributed by atoms with E-state index in [0.717, 1.165) is 5.56 Å². The highest BCUT2D eigenvalue weighted by atomic mass is 35.5. The molecule has 0 unspecified atom stereocenters. The van der Waals surface area contributed by atoms with E-state index in [0.29, 0.717) is 0 Å². The molecular weight excluding hydrogens is 372 g/mol. The molecule has 0 saturated heterocycles. The highest BCUT2D eigenvalue weighted by molar-refractivity contribution is 6.31. The average Bonchev–Trinajstić information content (AvgIpc) is 2.59. The molecule has 0 radical (unpaired) electrons. The molecule has 0 aliphatic carbocycles. The summed E-state index contributed by atoms with van der Waals surface area (Å²) in [4.78, 5) is 34.9. The first-order chi connectivity index (χ1) is 12.8. The summed E-state index contributed by atoms with van der Waals surface area (Å²) in [5.41, 5.74) is 1.32. The van der Waals surface area contributed by atoms with E-state index in [4.69, 9.17) is 21.4 Å². The Balaban J connectivity index is 1.98. The third-order valence-corrected chi connectivity index (χ3v) is 3.70. The van der Waals surface area contributed by atoms with Crippen molar-refractivity contribution < 1.29 is 24.2 Å². The molecule has 0 saturated carbocycles. The first-order valence-electron chi connectivity index (χ1n) is 8.14. The number of benzene rings is 2. The van der Waals surface area contributed by atoms with E-state index >= 15 is 0 Å². The molecule has 1 atom stereocenters. The lowest BCUT2D eigenvalue weighted by atomic mass is 10.1. The van der Waals surface area contributed by atoms with Gasteiger partial charge in [0.2, 0.25) is 0 Å². The minimum Gasteiger partial charge on any atom is -0.481 e. The Morgan fingerprint density at radius 3 is 2.52 bits per heavy atom. The fraction of sp³-hybridized carbons (Fsp3) is 0.211. The van der Waals surface area contributed by atoms with Crippen molar-refractivity contribution >= 4 is 35.3 Å². The monoisotopic (exact) mass is 390 g/mol. The number of aliphatic carboxylic acids is 1. The molecule has 2 aromatic rings. The zero-order valence-corrected chi connectivity index (χ0v) is 15.3. The maximum atomic E-state index is 12.2. The summed E-state index contributed by atoms with van der Waals surface area (Å²) in [5.74, 6) is -1.51. The molecule has 27 heavy (non-hydrogen) atoms. The number of amides is 2. The van der Waals surface area contributed by atoms with Crippen LogP contribution >= 0.6 is 11.6 Å². The third-order valence-electron chi connectivity index (χ3n) is 3.48. The average molecular weight is 391 g/mol. The van der Waals surface area contributed by atoms with Crippen molar-refractivity contribution in [3.8, 4) is 0 Å². The Kier molecular flexibility index (Phi) is 7.19. The van der Waals surface area contributed by atoms with Gasteiger partial charge in [-0.05, 0) is 30.7 Å². The second kappa shape index (κ2) is 9.59. The van der Waals surface area contributed by atoms with Crippen LogP contribution in [0.1, 0.15) is 29.3 Å². The Morgan fingerprint density at radius 2 is 1.85 bits per heavy atom. The van der Waals surface area contributed by atoms with Crippen LogP contribution in [0.15, 0.2) is 48.5 Å². The van der Waals surface area contributed by atoms with Crippen LogP contribution in [-0.4, -0.2) is 29.1 Å². The number of ether oxygens (including phenoxy) is 1. The molecule has 2 aromatic carbocycles. The first kappa shape index (κ1) is 20.3. The van der Waals surface area contributed by atoms with Crippen LogP contribution in [0, 0.1) is 0 Å². The topological polar surface area (TPSA) is 105 Å². The maximum Gasteiger partial charge on any atom is 0.411 e. The number of carboxylic acids is 1. The Labute approximate surface area is 161 Å². The second-order valence-corrected chi connectivity index (χ2v) is 6.32. The van der Waals surface area contributed by atoms with Gasteiger partial charge in [0.05, 0.1) is 6.42 Å². The summed E-state index contributed by atoms with van der Waals surface area (Å²) >= 11 is 6.01. The highest BCUT2D eigenvalue weighted by Gasteiger charge is 2.14. The van der Waals surface area contributed by atoms with Crippen LogP contribution in [0.2, 0.25) is 5.02 Å². The number of hydrogen-bond acceptors (Lipinski definition) is 4. The molecule has 8 heteroatoms. The van der Waals surface area contributed by atoms with Gasteiger partial charge in [0, 0.05) is 22.3 Å². The van der Waals surface area contributed by atoms with Crippen molar-refractivity contribution in [1.82, 2.24) is 5.32 Å². The summed E-state index contributed by atoms with van der Waals surface area (Å²) in [6, 6.07) is 13.0. The van der Waals surface area contributed by atoms with Crippen LogP contribution in [0.4, 0.5) is 10.5 Å². The lowest BCUT2D eigenvalue weighted by Crippen LogP contribution is -2.34. The Morgan fingerprint density at radius 1 is 1.15 bits per heavy atom. The molecule has 0 spiro atoms. The number of hydrogen-bond donors (Lipinski definition) is 3. The van der Waals surface area contributed by atoms with Gasteiger partial charge in [-0.15, -0.1) is 0 Å². The SMILES string of the molecule is C[C@H](CC(=O)O)NC(=O)c1cc(Cl)cc(NC(=O)OCc2ccccc2)c1. The minimum absolute atomic E-state index is 0.104. The van der Waals surface area contributed by atoms with Gasteiger partial charge in [-0.1, -0.05) is 41.9 Å². The Bertz CT molecular complexity index is 826. The van der Waals surface area contributed by atoms with E-state index in [9.17, 15) is 14.4 Å². The molecule has 7 nitrogen and oxygen atoms in total. The summed E-state index contributed by atoms with van der Waals surface area (Å²) in [6.07, 6.45) is -0.893. The highest BCUT2D eigenvalue weighted by Crippen LogP contribution is 2.20. The second-order valence-electron chi connectivity index (χ2n) is 5.89. The van der Waals surface area contributed by atoms with Crippen LogP contribution in [-0.2, 0) is 16.1 Å². The standard InChI is InChI=1S/C19H19ClN2O5/c1-12(7-17(23)24)21-18(25)14-8-15(20)10-16(9-14)22-19(26)27-11-13-5-3-2-4-6-13/h2-6,8-10,12H,7,11H2,1H3,(H,21,25)(H,22,26)(H,23,24)/t12-/m1/s1. The largest absolute Gasteiger partial charge is 0.481 e. The smallest absolute Gasteiger partial charge is 0.411 e. The van der Waals surface area contributed by atoms with E-state index < -0.39 is 24.0 Å². The third kappa shape index (κ3) is 6.99. The van der Waals surface area contributed by atoms with Gasteiger partial charge in [0.25, 0.3) is 5.91 Å². The van der Waals surface area contributed by atoms with Crippen molar-refractivity contribution in [1.29, 1.82) is 0 Å². The fourth-order valence-corrected chi connectivity index (χ4v) is 2.53. The van der Waals surface area contributed by atoms with Crippen molar-refractivity contribution in [2.24, 2.45) is 0 Å². The summed E-state index contributed by atoms with van der Waals surface area (Å²) in [7, 11) is 0. The molecule has 142 valence electrons. The number of carbonyl (C=O) groups is 3. The molecule has 0 fully saturated rings. The van der Waals surface area contributed by atoms with Gasteiger partial charge in [0.15, 0.2) is 0 Å². The van der Waals surface area contributed by atoms with Crippen molar-refractivity contribution in [3.05, 3.63) is 64.7 Å². The van der Waals surface area contributed by atoms with Crippen LogP contribution in [0.5, 0.6) is 0 Å². The first-order valence-corrected chi connectivity index (χ1v) is 8.52. The van der Waals surface area contributed by atoms with Gasteiger partial charge in [-0.3, -0.25) is 14.9 Å². The normalized spacial score (nSPS) is 11.3. The van der Waals surface area contributed by atoms with Crippen molar-refractivity contribution in [2.75, 3.05) is 5.32 Å². The van der Waals surface area contributed by atoms with E-state index in [1.54, 1.807) is 6.92 Å². The summed E-state index contributed by atoms with van der Waals surface area (Å²) < 4.78 is 5.12. The zero-order valence-electron chi connectivity index (χ0n) is 14.6. The lowest BCUT2D eigenvalue weighted by Gasteiger charge is -2.13. The van der Waals surface area contributed by atoms with Crippen molar-refractivity contribution in [2.45, 2.75) is 26.0 Å². The van der Waals surface area contributed by atoms with Gasteiger partial charge < -0.3 is 15.2 Å². The summed E-state index contributed by atoms with van der Waals surface area (Å²) in [5, 5.41) is 14.1. The van der Waals surface area contributed by atoms with Crippen molar-refractivity contribution in [3.63, 3.8) is 0 Å². The van der Waals surface area contributed by atoms with Crippen LogP contribution < -0.4 is 10.6 Å². The maximum absolute atomic E-state index is 12.2. The predicted octanol–water partition coefficient (Wildman–Crippen LogP) is 3.68. The van der Waals surface area contributed by atoms with Gasteiger partial charge in [-0.2, -0.15) is 0 Å². The molecule has 0 aromatic heterocycles. The molecule has 0 aliphatic heterocycles. The minimum atomic E-state index is -1.02. The zero-order chi connectivity index (χ0) is 19.8. The van der Waals surface area contributed by atoms with E-state index in [1.165, 1.54) is 18.2 Å². The number of carboxylic acid groups (broad SMARTS) is 1. The van der Waals surface area contributed by atoms with Gasteiger partial charge >= 0.3 is 12.1 Å². The molecule has 3 N–H and O–H groups in total. The predicted molar refractivity (Wildman–Crippen MR) is 101 cm³/mol. The summed E-state index contributed by atoms with van der Waals surface area (Å²) in [6.45, 7) is 1.68. The number of nitrogens with one attached hydrogen (secondary N) is 2. The quantitative estimate of drug-likeness (QED) is 0.668. The number of halogens is 1. The van der Waals surface area contributed by atoms with Crippen LogP contribution in [0.3, 0.4) is 0 Å². The number of anilines is 1.